The fourth-order valence-electron chi connectivity index (χ4n) is 4.59. The summed E-state index contributed by atoms with van der Waals surface area (Å²) in [4.78, 5) is 18.5. The fraction of sp³-hybridized carbons (Fsp3) is 0.206. The summed E-state index contributed by atoms with van der Waals surface area (Å²) in [6, 6.07) is 22.8. The summed E-state index contributed by atoms with van der Waals surface area (Å²) in [6.07, 6.45) is 3.32. The predicted octanol–water partition coefficient (Wildman–Crippen LogP) is 7.98. The summed E-state index contributed by atoms with van der Waals surface area (Å²) in [5, 5.41) is 3.41. The molecule has 0 saturated carbocycles. The summed E-state index contributed by atoms with van der Waals surface area (Å²) >= 11 is 6.22. The van der Waals surface area contributed by atoms with Crippen LogP contribution in [0, 0.1) is 11.6 Å². The van der Waals surface area contributed by atoms with Crippen LogP contribution in [0.3, 0.4) is 0 Å². The van der Waals surface area contributed by atoms with E-state index in [0.29, 0.717) is 22.6 Å². The highest BCUT2D eigenvalue weighted by Gasteiger charge is 2.15. The second-order valence-electron chi connectivity index (χ2n) is 10.2. The quantitative estimate of drug-likeness (QED) is 0.101. The molecule has 0 aliphatic heterocycles. The first-order chi connectivity index (χ1) is 21.8. The van der Waals surface area contributed by atoms with Gasteiger partial charge < -0.3 is 10.1 Å². The standard InChI is InChI=1S/C34H30F2N2O2S2.O2S/c1-2-14-37-21-23-3-8-25(9-4-23)33-20-30-34(42-33)32(13-15-38-30)40-31-12-7-24(18-29(31)36)17-28(41)19-27(39)16-22-5-10-26(35)11-6-22;1-3-2/h3-13,15,18,20,37H,2,14,16-17,19,21H2,1H3;. The van der Waals surface area contributed by atoms with Crippen LogP contribution in [0.4, 0.5) is 8.78 Å². The normalized spacial score (nSPS) is 10.6. The van der Waals surface area contributed by atoms with Crippen molar-refractivity contribution in [2.45, 2.75) is 39.2 Å². The van der Waals surface area contributed by atoms with Crippen LogP contribution in [-0.2, 0) is 35.8 Å². The molecule has 5 rings (SSSR count). The van der Waals surface area contributed by atoms with Crippen LogP contribution in [0.5, 0.6) is 11.5 Å². The molecule has 3 aromatic carbocycles. The van der Waals surface area contributed by atoms with Gasteiger partial charge in [0.2, 0.25) is 0 Å². The molecular formula is C34H30F2N2O4S3. The molecule has 2 aromatic heterocycles. The Bertz CT molecular complexity index is 1800. The minimum absolute atomic E-state index is 0.0658. The second-order valence-corrected chi connectivity index (χ2v) is 11.9. The molecule has 6 nitrogen and oxygen atoms in total. The summed E-state index contributed by atoms with van der Waals surface area (Å²) < 4.78 is 51.6. The monoisotopic (exact) mass is 664 g/mol. The molecule has 0 aliphatic rings. The van der Waals surface area contributed by atoms with Crippen LogP contribution < -0.4 is 10.1 Å². The van der Waals surface area contributed by atoms with Crippen LogP contribution in [0.1, 0.15) is 36.5 Å². The van der Waals surface area contributed by atoms with Crippen molar-refractivity contribution in [1.29, 1.82) is 0 Å². The highest BCUT2D eigenvalue weighted by Crippen LogP contribution is 2.39. The third-order valence-electron chi connectivity index (χ3n) is 6.70. The van der Waals surface area contributed by atoms with Crippen molar-refractivity contribution in [1.82, 2.24) is 10.3 Å². The van der Waals surface area contributed by atoms with Crippen LogP contribution >= 0.6 is 23.6 Å². The lowest BCUT2D eigenvalue weighted by Crippen LogP contribution is -2.13. The van der Waals surface area contributed by atoms with Crippen molar-refractivity contribution in [3.05, 3.63) is 113 Å². The molecule has 0 fully saturated rings. The van der Waals surface area contributed by atoms with E-state index in [1.54, 1.807) is 47.9 Å². The van der Waals surface area contributed by atoms with E-state index < -0.39 is 17.4 Å². The number of ketones is 1. The summed E-state index contributed by atoms with van der Waals surface area (Å²) in [5.41, 5.74) is 4.49. The minimum Gasteiger partial charge on any atom is -0.453 e. The average molecular weight is 665 g/mol. The molecule has 0 amide bonds. The molecule has 5 aromatic rings. The number of benzene rings is 3. The number of nitrogens with one attached hydrogen (secondary N) is 1. The van der Waals surface area contributed by atoms with E-state index in [4.69, 9.17) is 25.4 Å². The van der Waals surface area contributed by atoms with Gasteiger partial charge in [-0.3, -0.25) is 9.78 Å². The molecular weight excluding hydrogens is 635 g/mol. The Hall–Kier alpha value is -4.03. The number of nitrogens with zero attached hydrogens (tertiary/aromatic N) is 1. The molecule has 0 bridgehead atoms. The lowest BCUT2D eigenvalue weighted by Gasteiger charge is -2.10. The van der Waals surface area contributed by atoms with Gasteiger partial charge in [-0.1, -0.05) is 61.6 Å². The molecule has 0 spiro atoms. The third kappa shape index (κ3) is 9.98. The van der Waals surface area contributed by atoms with Crippen LogP contribution in [0.15, 0.2) is 85.1 Å². The number of hydrogen-bond acceptors (Lipinski definition) is 8. The van der Waals surface area contributed by atoms with Crippen molar-refractivity contribution < 1.29 is 26.7 Å². The van der Waals surface area contributed by atoms with Gasteiger partial charge in [-0.25, -0.2) is 8.78 Å². The number of thiophene rings is 1. The molecule has 11 heteroatoms. The number of fused-ring (bicyclic) bond motifs is 1. The maximum atomic E-state index is 15.1. The number of halogens is 2. The lowest BCUT2D eigenvalue weighted by atomic mass is 10.0. The Labute approximate surface area is 273 Å². The zero-order chi connectivity index (χ0) is 32.2. The molecule has 0 aliphatic carbocycles. The summed E-state index contributed by atoms with van der Waals surface area (Å²) in [6.45, 7) is 3.98. The van der Waals surface area contributed by atoms with Crippen LogP contribution in [-0.4, -0.2) is 30.6 Å². The number of rotatable bonds is 13. The molecule has 1 N–H and O–H groups in total. The number of carbonyl (C=O) groups is 1. The maximum Gasteiger partial charge on any atom is 0.335 e. The lowest BCUT2D eigenvalue weighted by molar-refractivity contribution is -0.117. The van der Waals surface area contributed by atoms with Crippen molar-refractivity contribution in [2.75, 3.05) is 6.54 Å². The second kappa shape index (κ2) is 16.9. The van der Waals surface area contributed by atoms with Crippen LogP contribution in [0.2, 0.25) is 0 Å². The zero-order valence-corrected chi connectivity index (χ0v) is 26.8. The molecule has 2 heterocycles. The zero-order valence-electron chi connectivity index (χ0n) is 24.4. The van der Waals surface area contributed by atoms with Gasteiger partial charge in [-0.05, 0) is 65.6 Å². The van der Waals surface area contributed by atoms with Crippen molar-refractivity contribution in [3.8, 4) is 21.9 Å². The van der Waals surface area contributed by atoms with Crippen molar-refractivity contribution in [2.24, 2.45) is 0 Å². The van der Waals surface area contributed by atoms with Gasteiger partial charge in [0.05, 0.1) is 10.2 Å². The number of Topliss-reactive ketones (excluding diaryl/α,β-unsaturated/α-hetero) is 1. The van der Waals surface area contributed by atoms with E-state index in [9.17, 15) is 9.18 Å². The Morgan fingerprint density at radius 2 is 1.60 bits per heavy atom. The van der Waals surface area contributed by atoms with E-state index in [2.05, 4.69) is 41.5 Å². The van der Waals surface area contributed by atoms with Gasteiger partial charge in [-0.15, -0.1) is 11.3 Å². The minimum atomic E-state index is -0.750. The highest BCUT2D eigenvalue weighted by molar-refractivity contribution is 7.80. The highest BCUT2D eigenvalue weighted by atomic mass is 32.1. The number of pyridine rings is 1. The molecule has 0 unspecified atom stereocenters. The SMILES string of the molecule is CCCNCc1ccc(-c2cc3nccc(Oc4ccc(CC(=S)CC(=O)Cc5ccc(F)cc5)cc4F)c3s2)cc1.O=S=O. The molecule has 0 saturated heterocycles. The first kappa shape index (κ1) is 33.9. The van der Waals surface area contributed by atoms with Crippen LogP contribution in [0.25, 0.3) is 20.7 Å². The molecule has 45 heavy (non-hydrogen) atoms. The fourth-order valence-corrected chi connectivity index (χ4v) is 5.99. The smallest absolute Gasteiger partial charge is 0.335 e. The van der Waals surface area contributed by atoms with Gasteiger partial charge in [0, 0.05) is 47.8 Å². The molecule has 0 radical (unpaired) electrons. The van der Waals surface area contributed by atoms with Gasteiger partial charge >= 0.3 is 11.6 Å². The first-order valence-corrected chi connectivity index (χ1v) is 16.0. The number of aromatic nitrogens is 1. The number of ether oxygens (including phenoxy) is 1. The topological polar surface area (TPSA) is 85.4 Å². The van der Waals surface area contributed by atoms with E-state index >= 15 is 4.39 Å². The Morgan fingerprint density at radius 3 is 2.29 bits per heavy atom. The van der Waals surface area contributed by atoms with Gasteiger partial charge in [-0.2, -0.15) is 8.42 Å². The largest absolute Gasteiger partial charge is 0.453 e. The Balaban J connectivity index is 0.00000148. The predicted molar refractivity (Wildman–Crippen MR) is 178 cm³/mol. The van der Waals surface area contributed by atoms with E-state index in [1.807, 2.05) is 6.07 Å². The number of hydrogen-bond donors (Lipinski definition) is 1. The third-order valence-corrected chi connectivity index (χ3v) is 8.17. The van der Waals surface area contributed by atoms with E-state index in [0.717, 1.165) is 45.7 Å². The first-order valence-electron chi connectivity index (χ1n) is 14.1. The summed E-state index contributed by atoms with van der Waals surface area (Å²) in [5.74, 6) is -0.291. The Kier molecular flexibility index (Phi) is 12.7. The van der Waals surface area contributed by atoms with Gasteiger partial charge in [0.25, 0.3) is 0 Å². The Morgan fingerprint density at radius 1 is 0.911 bits per heavy atom. The average Bonchev–Trinajstić information content (AvgIpc) is 3.46. The van der Waals surface area contributed by atoms with E-state index in [-0.39, 0.29) is 30.2 Å². The number of thiocarbonyl (C=S) groups is 1. The van der Waals surface area contributed by atoms with E-state index in [1.165, 1.54) is 23.8 Å². The van der Waals surface area contributed by atoms with Crippen molar-refractivity contribution in [3.63, 3.8) is 0 Å². The van der Waals surface area contributed by atoms with Gasteiger partial charge in [0.15, 0.2) is 11.6 Å². The van der Waals surface area contributed by atoms with Crippen molar-refractivity contribution >= 4 is 56.0 Å². The number of carbonyl (C=O) groups excluding carboxylic acids is 1. The summed E-state index contributed by atoms with van der Waals surface area (Å²) in [7, 11) is 0. The van der Waals surface area contributed by atoms with Gasteiger partial charge in [0.1, 0.15) is 17.3 Å². The maximum absolute atomic E-state index is 15.1. The molecule has 0 atom stereocenters. The molecule has 232 valence electrons.